The van der Waals surface area contributed by atoms with Crippen LogP contribution < -0.4 is 10.1 Å². The first-order valence-corrected chi connectivity index (χ1v) is 8.88. The number of carbonyl (C=O) groups excluding carboxylic acids is 1. The highest BCUT2D eigenvalue weighted by Gasteiger charge is 2.12. The zero-order chi connectivity index (χ0) is 18.2. The van der Waals surface area contributed by atoms with Gasteiger partial charge in [0.2, 0.25) is 0 Å². The molecule has 1 N–H and O–H groups in total. The smallest absolute Gasteiger partial charge is 0.256 e. The third kappa shape index (κ3) is 5.33. The number of nitrogens with one attached hydrogen (secondary N) is 1. The molecule has 134 valence electrons. The number of rotatable bonds is 8. The third-order valence-electron chi connectivity index (χ3n) is 4.39. The summed E-state index contributed by atoms with van der Waals surface area (Å²) < 4.78 is 5.77. The fraction of sp³-hybridized carbons (Fsp3) is 0.381. The molecule has 4 heteroatoms. The Hall–Kier alpha value is -2.33. The minimum Gasteiger partial charge on any atom is -0.492 e. The van der Waals surface area contributed by atoms with Crippen LogP contribution in [0.3, 0.4) is 0 Å². The molecule has 0 aliphatic carbocycles. The molecule has 2 rings (SSSR count). The summed E-state index contributed by atoms with van der Waals surface area (Å²) in [5.41, 5.74) is 3.47. The van der Waals surface area contributed by atoms with E-state index in [9.17, 15) is 4.79 Å². The van der Waals surface area contributed by atoms with Gasteiger partial charge in [0, 0.05) is 17.8 Å². The summed E-state index contributed by atoms with van der Waals surface area (Å²) in [5, 5.41) is 2.96. The number of nitrogens with zero attached hydrogens (tertiary/aromatic N) is 1. The average Bonchev–Trinajstić information content (AvgIpc) is 2.60. The largest absolute Gasteiger partial charge is 0.492 e. The maximum Gasteiger partial charge on any atom is 0.256 e. The van der Waals surface area contributed by atoms with Gasteiger partial charge < -0.3 is 15.0 Å². The van der Waals surface area contributed by atoms with Gasteiger partial charge >= 0.3 is 0 Å². The molecule has 2 aromatic rings. The molecular weight excluding hydrogens is 312 g/mol. The van der Waals surface area contributed by atoms with E-state index in [1.807, 2.05) is 56.3 Å². The molecule has 0 unspecified atom stereocenters. The Morgan fingerprint density at radius 2 is 1.60 bits per heavy atom. The molecule has 0 aliphatic heterocycles. The number of hydrogen-bond acceptors (Lipinski definition) is 3. The number of amides is 1. The predicted molar refractivity (Wildman–Crippen MR) is 104 cm³/mol. The Morgan fingerprint density at radius 1 is 1.00 bits per heavy atom. The zero-order valence-corrected chi connectivity index (χ0v) is 15.6. The van der Waals surface area contributed by atoms with E-state index < -0.39 is 0 Å². The maximum atomic E-state index is 12.5. The number of benzene rings is 2. The molecule has 0 heterocycles. The average molecular weight is 340 g/mol. The van der Waals surface area contributed by atoms with Crippen molar-refractivity contribution in [3.63, 3.8) is 0 Å². The van der Waals surface area contributed by atoms with E-state index in [1.54, 1.807) is 0 Å². The highest BCUT2D eigenvalue weighted by Crippen LogP contribution is 2.19. The van der Waals surface area contributed by atoms with Crippen molar-refractivity contribution < 1.29 is 9.53 Å². The topological polar surface area (TPSA) is 41.6 Å². The second kappa shape index (κ2) is 9.23. The van der Waals surface area contributed by atoms with E-state index in [0.717, 1.165) is 47.8 Å². The fourth-order valence-electron chi connectivity index (χ4n) is 2.83. The van der Waals surface area contributed by atoms with Gasteiger partial charge in [0.15, 0.2) is 0 Å². The number of anilines is 1. The van der Waals surface area contributed by atoms with Gasteiger partial charge in [-0.1, -0.05) is 32.0 Å². The Labute approximate surface area is 150 Å². The molecule has 1 amide bonds. The maximum absolute atomic E-state index is 12.5. The van der Waals surface area contributed by atoms with Gasteiger partial charge in [0.05, 0.1) is 0 Å². The first-order valence-electron chi connectivity index (χ1n) is 8.88. The molecule has 0 aromatic heterocycles. The van der Waals surface area contributed by atoms with Crippen molar-refractivity contribution in [2.24, 2.45) is 0 Å². The van der Waals surface area contributed by atoms with Gasteiger partial charge in [-0.3, -0.25) is 4.79 Å². The van der Waals surface area contributed by atoms with Gasteiger partial charge in [-0.05, 0) is 62.3 Å². The lowest BCUT2D eigenvalue weighted by molar-refractivity contribution is 0.102. The lowest BCUT2D eigenvalue weighted by atomic mass is 10.0. The van der Waals surface area contributed by atoms with Crippen LogP contribution in [0.4, 0.5) is 5.69 Å². The van der Waals surface area contributed by atoms with E-state index in [0.29, 0.717) is 6.61 Å². The van der Waals surface area contributed by atoms with E-state index >= 15 is 0 Å². The normalized spacial score (nSPS) is 10.8. The molecule has 0 aliphatic rings. The van der Waals surface area contributed by atoms with Crippen LogP contribution in [0.5, 0.6) is 5.75 Å². The van der Waals surface area contributed by atoms with Gasteiger partial charge in [0.1, 0.15) is 12.4 Å². The summed E-state index contributed by atoms with van der Waals surface area (Å²) in [7, 11) is 0. The van der Waals surface area contributed by atoms with Gasteiger partial charge in [0.25, 0.3) is 5.91 Å². The summed E-state index contributed by atoms with van der Waals surface area (Å²) in [6.07, 6.45) is 0. The van der Waals surface area contributed by atoms with Crippen molar-refractivity contribution in [1.29, 1.82) is 0 Å². The number of ether oxygens (including phenoxy) is 1. The van der Waals surface area contributed by atoms with E-state index in [-0.39, 0.29) is 5.91 Å². The first kappa shape index (κ1) is 19.0. The molecule has 0 saturated heterocycles. The van der Waals surface area contributed by atoms with Crippen LogP contribution in [0.2, 0.25) is 0 Å². The lowest BCUT2D eigenvalue weighted by Crippen LogP contribution is -2.27. The number of hydrogen-bond donors (Lipinski definition) is 1. The standard InChI is InChI=1S/C21H28N2O2/c1-5-23(6-2)14-15-25-19-12-10-18(11-13-19)22-21(24)20-16(3)8-7-9-17(20)4/h7-13H,5-6,14-15H2,1-4H3,(H,22,24). The van der Waals surface area contributed by atoms with E-state index in [4.69, 9.17) is 4.74 Å². The molecule has 0 bridgehead atoms. The Bertz CT molecular complexity index is 671. The van der Waals surface area contributed by atoms with Gasteiger partial charge in [-0.2, -0.15) is 0 Å². The molecular formula is C21H28N2O2. The van der Waals surface area contributed by atoms with Crippen molar-refractivity contribution in [2.45, 2.75) is 27.7 Å². The van der Waals surface area contributed by atoms with Crippen LogP contribution in [0.25, 0.3) is 0 Å². The van der Waals surface area contributed by atoms with Gasteiger partial charge in [-0.25, -0.2) is 0 Å². The summed E-state index contributed by atoms with van der Waals surface area (Å²) in [5.74, 6) is 0.739. The minimum atomic E-state index is -0.0780. The molecule has 0 saturated carbocycles. The van der Waals surface area contributed by atoms with Crippen LogP contribution in [0.1, 0.15) is 35.3 Å². The summed E-state index contributed by atoms with van der Waals surface area (Å²) in [6.45, 7) is 11.8. The third-order valence-corrected chi connectivity index (χ3v) is 4.39. The number of carbonyl (C=O) groups is 1. The number of likely N-dealkylation sites (N-methyl/N-ethyl adjacent to an activating group) is 1. The van der Waals surface area contributed by atoms with Crippen LogP contribution >= 0.6 is 0 Å². The monoisotopic (exact) mass is 340 g/mol. The number of aryl methyl sites for hydroxylation is 2. The van der Waals surface area contributed by atoms with Crippen molar-refractivity contribution >= 4 is 11.6 Å². The SMILES string of the molecule is CCN(CC)CCOc1ccc(NC(=O)c2c(C)cccc2C)cc1. The molecule has 0 fully saturated rings. The first-order chi connectivity index (χ1) is 12.0. The van der Waals surface area contributed by atoms with Crippen molar-refractivity contribution in [1.82, 2.24) is 4.90 Å². The Kier molecular flexibility index (Phi) is 7.02. The van der Waals surface area contributed by atoms with Crippen LogP contribution in [-0.2, 0) is 0 Å². The second-order valence-corrected chi connectivity index (χ2v) is 6.12. The Balaban J connectivity index is 1.93. The van der Waals surface area contributed by atoms with E-state index in [2.05, 4.69) is 24.1 Å². The molecule has 25 heavy (non-hydrogen) atoms. The molecule has 0 atom stereocenters. The van der Waals surface area contributed by atoms with Crippen LogP contribution in [0, 0.1) is 13.8 Å². The predicted octanol–water partition coefficient (Wildman–Crippen LogP) is 4.28. The summed E-state index contributed by atoms with van der Waals surface area (Å²) in [6, 6.07) is 13.4. The summed E-state index contributed by atoms with van der Waals surface area (Å²) in [4.78, 5) is 14.8. The molecule has 0 spiro atoms. The lowest BCUT2D eigenvalue weighted by Gasteiger charge is -2.18. The zero-order valence-electron chi connectivity index (χ0n) is 15.6. The molecule has 0 radical (unpaired) electrons. The fourth-order valence-corrected chi connectivity index (χ4v) is 2.83. The van der Waals surface area contributed by atoms with E-state index in [1.165, 1.54) is 0 Å². The molecule has 2 aromatic carbocycles. The summed E-state index contributed by atoms with van der Waals surface area (Å²) >= 11 is 0. The van der Waals surface area contributed by atoms with Crippen LogP contribution in [-0.4, -0.2) is 37.0 Å². The highest BCUT2D eigenvalue weighted by molar-refractivity contribution is 6.06. The second-order valence-electron chi connectivity index (χ2n) is 6.12. The highest BCUT2D eigenvalue weighted by atomic mass is 16.5. The van der Waals surface area contributed by atoms with Crippen LogP contribution in [0.15, 0.2) is 42.5 Å². The van der Waals surface area contributed by atoms with Crippen molar-refractivity contribution in [3.8, 4) is 5.75 Å². The van der Waals surface area contributed by atoms with Crippen molar-refractivity contribution in [3.05, 3.63) is 59.2 Å². The van der Waals surface area contributed by atoms with Crippen molar-refractivity contribution in [2.75, 3.05) is 31.6 Å². The molecule has 4 nitrogen and oxygen atoms in total. The Morgan fingerprint density at radius 3 is 2.16 bits per heavy atom. The van der Waals surface area contributed by atoms with Gasteiger partial charge in [-0.15, -0.1) is 0 Å². The minimum absolute atomic E-state index is 0.0780. The quantitative estimate of drug-likeness (QED) is 0.780.